The molecule has 47 heavy (non-hydrogen) atoms. The summed E-state index contributed by atoms with van der Waals surface area (Å²) in [6, 6.07) is -2.06. The van der Waals surface area contributed by atoms with E-state index in [1.807, 2.05) is 20.8 Å². The minimum atomic E-state index is -1.17. The number of carbonyl (C=O) groups is 5. The Morgan fingerprint density at radius 1 is 0.936 bits per heavy atom. The number of hydrogen-bond acceptors (Lipinski definition) is 6. The molecule has 1 aliphatic heterocycles. The van der Waals surface area contributed by atoms with Crippen LogP contribution in [0.1, 0.15) is 111 Å². The van der Waals surface area contributed by atoms with Crippen LogP contribution in [0.4, 0.5) is 4.79 Å². The van der Waals surface area contributed by atoms with Crippen LogP contribution in [-0.2, 0) is 30.0 Å². The van der Waals surface area contributed by atoms with Gasteiger partial charge in [-0.3, -0.25) is 23.4 Å². The third-order valence-electron chi connectivity index (χ3n) is 11.0. The first kappa shape index (κ1) is 37.1. The van der Waals surface area contributed by atoms with Gasteiger partial charge in [0.2, 0.25) is 17.6 Å². The molecule has 1 unspecified atom stereocenters. The molecule has 0 spiro atoms. The maximum atomic E-state index is 14.7. The number of nitrogens with zero attached hydrogens (tertiary/aromatic N) is 1. The molecule has 5 amide bonds. The number of likely N-dealkylation sites (tertiary alicyclic amines) is 1. The fraction of sp³-hybridized carbons (Fsp3) is 0.800. The van der Waals surface area contributed by atoms with Crippen LogP contribution in [0, 0.1) is 17.3 Å². The van der Waals surface area contributed by atoms with Crippen molar-refractivity contribution in [2.45, 2.75) is 134 Å². The summed E-state index contributed by atoms with van der Waals surface area (Å²) < 4.78 is 12.9. The zero-order valence-corrected chi connectivity index (χ0v) is 29.7. The zero-order chi connectivity index (χ0) is 34.4. The standard InChI is InChI=1S/C35H57N5O6S/c1-6-20-36-29(42)26(41)21-37-30(43)27-25-15-13-14-24(25)22-40(27)31(44)28(34(5)16-9-7-10-17-34)38-32(45)39-35(18-11-8-12-19-35)23-47(46)33(2,3)4/h6,24-25,27-28H,1,7-23H2,2-5H3,(H,36,42)(H,37,43)(H2,38,39,45)/t24-,25-,27-,28+,47?/m0/s1. The molecular weight excluding hydrogens is 618 g/mol. The predicted molar refractivity (Wildman–Crippen MR) is 183 cm³/mol. The van der Waals surface area contributed by atoms with E-state index in [0.29, 0.717) is 12.3 Å². The van der Waals surface area contributed by atoms with E-state index in [2.05, 4.69) is 34.8 Å². The van der Waals surface area contributed by atoms with Crippen molar-refractivity contribution in [1.82, 2.24) is 26.2 Å². The molecule has 11 nitrogen and oxygen atoms in total. The van der Waals surface area contributed by atoms with E-state index in [0.717, 1.165) is 83.5 Å². The Labute approximate surface area is 283 Å². The summed E-state index contributed by atoms with van der Waals surface area (Å²) in [5, 5.41) is 11.4. The Morgan fingerprint density at radius 3 is 2.19 bits per heavy atom. The molecule has 3 saturated carbocycles. The van der Waals surface area contributed by atoms with Gasteiger partial charge in [-0.05, 0) is 76.5 Å². The summed E-state index contributed by atoms with van der Waals surface area (Å²) in [5.41, 5.74) is -1.11. The first-order valence-corrected chi connectivity index (χ1v) is 19.0. The van der Waals surface area contributed by atoms with Crippen molar-refractivity contribution >= 4 is 40.3 Å². The molecule has 5 atom stereocenters. The smallest absolute Gasteiger partial charge is 0.315 e. The van der Waals surface area contributed by atoms with E-state index in [4.69, 9.17) is 0 Å². The zero-order valence-electron chi connectivity index (χ0n) is 28.9. The van der Waals surface area contributed by atoms with Crippen molar-refractivity contribution in [1.29, 1.82) is 0 Å². The van der Waals surface area contributed by atoms with Crippen LogP contribution in [-0.4, -0.2) is 86.4 Å². The molecule has 4 aliphatic rings. The summed E-state index contributed by atoms with van der Waals surface area (Å²) in [7, 11) is -1.17. The van der Waals surface area contributed by atoms with Crippen molar-refractivity contribution in [3.63, 3.8) is 0 Å². The van der Waals surface area contributed by atoms with E-state index in [1.165, 1.54) is 6.08 Å². The molecule has 0 radical (unpaired) electrons. The Kier molecular flexibility index (Phi) is 12.3. The molecule has 1 saturated heterocycles. The van der Waals surface area contributed by atoms with E-state index in [9.17, 15) is 28.2 Å². The lowest BCUT2D eigenvalue weighted by atomic mass is 9.70. The molecule has 0 aromatic rings. The normalized spacial score (nSPS) is 26.3. The highest BCUT2D eigenvalue weighted by Gasteiger charge is 2.53. The van der Waals surface area contributed by atoms with Gasteiger partial charge < -0.3 is 26.2 Å². The molecule has 4 rings (SSSR count). The molecule has 3 aliphatic carbocycles. The van der Waals surface area contributed by atoms with Crippen LogP contribution in [0.3, 0.4) is 0 Å². The number of ketones is 1. The molecule has 0 bridgehead atoms. The summed E-state index contributed by atoms with van der Waals surface area (Å²) in [4.78, 5) is 68.4. The van der Waals surface area contributed by atoms with Crippen molar-refractivity contribution < 1.29 is 28.2 Å². The third kappa shape index (κ3) is 9.03. The monoisotopic (exact) mass is 675 g/mol. The van der Waals surface area contributed by atoms with Crippen LogP contribution < -0.4 is 21.3 Å². The van der Waals surface area contributed by atoms with Gasteiger partial charge in [0, 0.05) is 34.4 Å². The van der Waals surface area contributed by atoms with Crippen LogP contribution >= 0.6 is 0 Å². The predicted octanol–water partition coefficient (Wildman–Crippen LogP) is 3.49. The summed E-state index contributed by atoms with van der Waals surface area (Å²) in [6.45, 7) is 11.5. The Bertz CT molecular complexity index is 1220. The highest BCUT2D eigenvalue weighted by molar-refractivity contribution is 7.86. The first-order chi connectivity index (χ1) is 22.2. The molecular formula is C35H57N5O6S. The topological polar surface area (TPSA) is 154 Å². The molecule has 0 aromatic heterocycles. The number of hydrogen-bond donors (Lipinski definition) is 4. The second kappa shape index (κ2) is 15.6. The van der Waals surface area contributed by atoms with Crippen molar-refractivity contribution in [3.8, 4) is 0 Å². The van der Waals surface area contributed by atoms with Gasteiger partial charge in [0.15, 0.2) is 0 Å². The number of fused-ring (bicyclic) bond motifs is 1. The highest BCUT2D eigenvalue weighted by atomic mass is 32.2. The van der Waals surface area contributed by atoms with Gasteiger partial charge in [-0.25, -0.2) is 4.79 Å². The molecule has 1 heterocycles. The van der Waals surface area contributed by atoms with E-state index in [1.54, 1.807) is 4.90 Å². The van der Waals surface area contributed by atoms with Crippen LogP contribution in [0.25, 0.3) is 0 Å². The molecule has 4 fully saturated rings. The summed E-state index contributed by atoms with van der Waals surface area (Å²) in [5.74, 6) is -1.81. The number of nitrogens with one attached hydrogen (secondary N) is 4. The average molecular weight is 676 g/mol. The second-order valence-corrected chi connectivity index (χ2v) is 17.8. The fourth-order valence-electron chi connectivity index (χ4n) is 8.24. The van der Waals surface area contributed by atoms with Gasteiger partial charge in [-0.15, -0.1) is 6.58 Å². The minimum Gasteiger partial charge on any atom is -0.347 e. The fourth-order valence-corrected chi connectivity index (χ4v) is 9.54. The maximum absolute atomic E-state index is 14.7. The summed E-state index contributed by atoms with van der Waals surface area (Å²) in [6.07, 6.45) is 13.1. The van der Waals surface area contributed by atoms with Gasteiger partial charge in [-0.2, -0.15) is 0 Å². The number of Topliss-reactive ketones (excluding diaryl/α,β-unsaturated/α-hetero) is 1. The lowest BCUT2D eigenvalue weighted by Gasteiger charge is -2.44. The van der Waals surface area contributed by atoms with Gasteiger partial charge in [-0.1, -0.05) is 57.9 Å². The van der Waals surface area contributed by atoms with Gasteiger partial charge in [0.25, 0.3) is 5.91 Å². The molecule has 12 heteroatoms. The van der Waals surface area contributed by atoms with E-state index >= 15 is 0 Å². The maximum Gasteiger partial charge on any atom is 0.315 e. The molecule has 4 N–H and O–H groups in total. The van der Waals surface area contributed by atoms with Gasteiger partial charge in [0.1, 0.15) is 12.1 Å². The quantitative estimate of drug-likeness (QED) is 0.184. The van der Waals surface area contributed by atoms with E-state index in [-0.39, 0.29) is 24.3 Å². The average Bonchev–Trinajstić information content (AvgIpc) is 3.63. The van der Waals surface area contributed by atoms with E-state index < -0.39 is 68.8 Å². The van der Waals surface area contributed by atoms with Gasteiger partial charge in [0.05, 0.1) is 12.1 Å². The van der Waals surface area contributed by atoms with Crippen LogP contribution in [0.15, 0.2) is 12.7 Å². The third-order valence-corrected chi connectivity index (χ3v) is 13.2. The number of rotatable bonds is 12. The molecule has 264 valence electrons. The van der Waals surface area contributed by atoms with Crippen LogP contribution in [0.2, 0.25) is 0 Å². The lowest BCUT2D eigenvalue weighted by Crippen LogP contribution is -2.64. The lowest BCUT2D eigenvalue weighted by molar-refractivity contribution is -0.144. The Morgan fingerprint density at radius 2 is 1.57 bits per heavy atom. The highest BCUT2D eigenvalue weighted by Crippen LogP contribution is 2.45. The minimum absolute atomic E-state index is 0.0461. The van der Waals surface area contributed by atoms with Gasteiger partial charge >= 0.3 is 6.03 Å². The van der Waals surface area contributed by atoms with Crippen molar-refractivity contribution in [3.05, 3.63) is 12.7 Å². The number of amides is 5. The van der Waals surface area contributed by atoms with Crippen molar-refractivity contribution in [2.24, 2.45) is 17.3 Å². The number of carbonyl (C=O) groups excluding carboxylic acids is 5. The Hall–Kier alpha value is -2.76. The van der Waals surface area contributed by atoms with Crippen LogP contribution in [0.5, 0.6) is 0 Å². The largest absolute Gasteiger partial charge is 0.347 e. The second-order valence-electron chi connectivity index (χ2n) is 15.6. The number of urea groups is 1. The summed E-state index contributed by atoms with van der Waals surface area (Å²) >= 11 is 0. The van der Waals surface area contributed by atoms with Crippen molar-refractivity contribution in [2.75, 3.05) is 25.4 Å². The first-order valence-electron chi connectivity index (χ1n) is 17.7. The molecule has 0 aromatic carbocycles. The SMILES string of the molecule is C=CCNC(=O)C(=O)CNC(=O)[C@@H]1[C@H]2CCC[C@H]2CN1C(=O)[C@@H](NC(=O)NC1(CS(=O)C(C)(C)C)CCCCC1)C1(C)CCCCC1. The Balaban J connectivity index is 1.55.